The first-order valence-electron chi connectivity index (χ1n) is 7.76. The van der Waals surface area contributed by atoms with Crippen molar-refractivity contribution in [2.24, 2.45) is 5.92 Å². The van der Waals surface area contributed by atoms with Crippen molar-refractivity contribution >= 4 is 10.0 Å². The molecule has 1 saturated heterocycles. The number of piperidine rings is 1. The molecule has 0 aromatic rings. The Bertz CT molecular complexity index is 401. The van der Waals surface area contributed by atoms with Crippen molar-refractivity contribution in [3.05, 3.63) is 0 Å². The van der Waals surface area contributed by atoms with Crippen LogP contribution in [0.1, 0.15) is 32.6 Å². The number of hydrogen-bond acceptors (Lipinski definition) is 4. The first kappa shape index (κ1) is 16.2. The molecule has 1 heterocycles. The van der Waals surface area contributed by atoms with Crippen LogP contribution in [-0.2, 0) is 10.0 Å². The molecule has 1 aliphatic carbocycles. The highest BCUT2D eigenvalue weighted by Crippen LogP contribution is 2.21. The van der Waals surface area contributed by atoms with Crippen molar-refractivity contribution < 1.29 is 8.42 Å². The van der Waals surface area contributed by atoms with Gasteiger partial charge in [0.1, 0.15) is 0 Å². The second kappa shape index (κ2) is 6.73. The van der Waals surface area contributed by atoms with Crippen LogP contribution in [0.15, 0.2) is 0 Å². The molecule has 5 nitrogen and oxygen atoms in total. The van der Waals surface area contributed by atoms with Gasteiger partial charge in [-0.05, 0) is 58.7 Å². The van der Waals surface area contributed by atoms with Gasteiger partial charge in [-0.25, -0.2) is 12.7 Å². The summed E-state index contributed by atoms with van der Waals surface area (Å²) >= 11 is 0. The fourth-order valence-electron chi connectivity index (χ4n) is 2.74. The molecular weight excluding hydrogens is 274 g/mol. The second-order valence-electron chi connectivity index (χ2n) is 6.57. The minimum Gasteiger partial charge on any atom is -0.313 e. The normalized spacial score (nSPS) is 24.2. The molecule has 1 unspecified atom stereocenters. The van der Waals surface area contributed by atoms with Crippen molar-refractivity contribution in [2.75, 3.05) is 40.3 Å². The number of likely N-dealkylation sites (tertiary alicyclic amines) is 1. The van der Waals surface area contributed by atoms with Crippen LogP contribution >= 0.6 is 0 Å². The standard InChI is InChI=1S/C14H29N3O2S/c1-12(10-15-14-4-5-14)20(18,19)17(3)11-13-6-8-16(2)9-7-13/h12-15H,4-11H2,1-3H3. The van der Waals surface area contributed by atoms with Crippen LogP contribution in [0.3, 0.4) is 0 Å². The molecule has 0 spiro atoms. The lowest BCUT2D eigenvalue weighted by Gasteiger charge is -2.32. The lowest BCUT2D eigenvalue weighted by Crippen LogP contribution is -2.43. The monoisotopic (exact) mass is 303 g/mol. The van der Waals surface area contributed by atoms with Crippen molar-refractivity contribution in [1.29, 1.82) is 0 Å². The van der Waals surface area contributed by atoms with Gasteiger partial charge in [0, 0.05) is 26.2 Å². The smallest absolute Gasteiger partial charge is 0.217 e. The average Bonchev–Trinajstić information content (AvgIpc) is 3.22. The zero-order valence-corrected chi connectivity index (χ0v) is 13.8. The number of nitrogens with one attached hydrogen (secondary N) is 1. The van der Waals surface area contributed by atoms with E-state index in [1.165, 1.54) is 12.8 Å². The fourth-order valence-corrected chi connectivity index (χ4v) is 4.08. The maximum absolute atomic E-state index is 12.5. The maximum atomic E-state index is 12.5. The molecule has 2 aliphatic rings. The summed E-state index contributed by atoms with van der Waals surface area (Å²) in [5.41, 5.74) is 0. The van der Waals surface area contributed by atoms with Crippen molar-refractivity contribution in [3.8, 4) is 0 Å². The van der Waals surface area contributed by atoms with Crippen LogP contribution in [0.4, 0.5) is 0 Å². The average molecular weight is 303 g/mol. The van der Waals surface area contributed by atoms with Gasteiger partial charge in [0.15, 0.2) is 0 Å². The highest BCUT2D eigenvalue weighted by atomic mass is 32.2. The van der Waals surface area contributed by atoms with Crippen molar-refractivity contribution in [3.63, 3.8) is 0 Å². The summed E-state index contributed by atoms with van der Waals surface area (Å²) in [5.74, 6) is 0.509. The van der Waals surface area contributed by atoms with E-state index in [0.717, 1.165) is 25.9 Å². The molecule has 0 aromatic carbocycles. The molecule has 1 saturated carbocycles. The van der Waals surface area contributed by atoms with E-state index in [9.17, 15) is 8.42 Å². The second-order valence-corrected chi connectivity index (χ2v) is 9.02. The zero-order valence-electron chi connectivity index (χ0n) is 13.0. The molecule has 1 N–H and O–H groups in total. The summed E-state index contributed by atoms with van der Waals surface area (Å²) in [6, 6.07) is 0.562. The van der Waals surface area contributed by atoms with E-state index < -0.39 is 10.0 Å². The summed E-state index contributed by atoms with van der Waals surface area (Å²) < 4.78 is 26.5. The van der Waals surface area contributed by atoms with Gasteiger partial charge in [-0.3, -0.25) is 0 Å². The third-order valence-corrected chi connectivity index (χ3v) is 6.77. The zero-order chi connectivity index (χ0) is 14.8. The predicted octanol–water partition coefficient (Wildman–Crippen LogP) is 0.730. The Hall–Kier alpha value is -0.170. The van der Waals surface area contributed by atoms with E-state index in [1.54, 1.807) is 11.4 Å². The van der Waals surface area contributed by atoms with Crippen LogP contribution in [0.25, 0.3) is 0 Å². The number of sulfonamides is 1. The SMILES string of the molecule is CC(CNC1CC1)S(=O)(=O)N(C)CC1CCN(C)CC1. The Morgan fingerprint density at radius 1 is 1.25 bits per heavy atom. The first-order chi connectivity index (χ1) is 9.39. The van der Waals surface area contributed by atoms with E-state index in [2.05, 4.69) is 17.3 Å². The Balaban J connectivity index is 1.80. The first-order valence-corrected chi connectivity index (χ1v) is 9.27. The third-order valence-electron chi connectivity index (χ3n) is 4.57. The Kier molecular flexibility index (Phi) is 5.45. The van der Waals surface area contributed by atoms with Gasteiger partial charge in [0.2, 0.25) is 10.0 Å². The van der Waals surface area contributed by atoms with E-state index in [4.69, 9.17) is 0 Å². The third kappa shape index (κ3) is 4.41. The molecule has 2 rings (SSSR count). The maximum Gasteiger partial charge on any atom is 0.217 e. The van der Waals surface area contributed by atoms with E-state index in [-0.39, 0.29) is 5.25 Å². The van der Waals surface area contributed by atoms with Crippen LogP contribution in [-0.4, -0.2) is 69.2 Å². The van der Waals surface area contributed by atoms with Crippen LogP contribution < -0.4 is 5.32 Å². The minimum atomic E-state index is -3.16. The van der Waals surface area contributed by atoms with E-state index >= 15 is 0 Å². The number of rotatable bonds is 7. The Labute approximate surface area is 123 Å². The Morgan fingerprint density at radius 3 is 2.40 bits per heavy atom. The van der Waals surface area contributed by atoms with Crippen molar-refractivity contribution in [2.45, 2.75) is 43.9 Å². The molecule has 0 radical (unpaired) electrons. The summed E-state index contributed by atoms with van der Waals surface area (Å²) in [7, 11) is 0.702. The van der Waals surface area contributed by atoms with Gasteiger partial charge in [0.05, 0.1) is 5.25 Å². The molecule has 0 aromatic heterocycles. The van der Waals surface area contributed by atoms with Crippen LogP contribution in [0.5, 0.6) is 0 Å². The quantitative estimate of drug-likeness (QED) is 0.753. The molecule has 0 amide bonds. The van der Waals surface area contributed by atoms with Gasteiger partial charge >= 0.3 is 0 Å². The van der Waals surface area contributed by atoms with Crippen LogP contribution in [0, 0.1) is 5.92 Å². The molecule has 1 atom stereocenters. The number of hydrogen-bond donors (Lipinski definition) is 1. The highest BCUT2D eigenvalue weighted by molar-refractivity contribution is 7.89. The molecule has 2 fully saturated rings. The summed E-state index contributed by atoms with van der Waals surface area (Å²) in [4.78, 5) is 2.31. The van der Waals surface area contributed by atoms with Gasteiger partial charge in [-0.15, -0.1) is 0 Å². The topological polar surface area (TPSA) is 52.7 Å². The van der Waals surface area contributed by atoms with E-state index in [1.807, 2.05) is 6.92 Å². The van der Waals surface area contributed by atoms with Crippen molar-refractivity contribution in [1.82, 2.24) is 14.5 Å². The number of nitrogens with zero attached hydrogens (tertiary/aromatic N) is 2. The van der Waals surface area contributed by atoms with Gasteiger partial charge in [-0.2, -0.15) is 0 Å². The largest absolute Gasteiger partial charge is 0.313 e. The lowest BCUT2D eigenvalue weighted by atomic mass is 9.97. The molecule has 118 valence electrons. The Morgan fingerprint density at radius 2 is 1.85 bits per heavy atom. The molecule has 1 aliphatic heterocycles. The minimum absolute atomic E-state index is 0.334. The fraction of sp³-hybridized carbons (Fsp3) is 1.00. The predicted molar refractivity (Wildman–Crippen MR) is 82.3 cm³/mol. The summed E-state index contributed by atoms with van der Waals surface area (Å²) in [6.07, 6.45) is 4.59. The molecular formula is C14H29N3O2S. The van der Waals surface area contributed by atoms with Gasteiger partial charge < -0.3 is 10.2 Å². The van der Waals surface area contributed by atoms with E-state index in [0.29, 0.717) is 25.0 Å². The summed E-state index contributed by atoms with van der Waals surface area (Å²) in [5, 5.41) is 2.98. The molecule has 20 heavy (non-hydrogen) atoms. The summed E-state index contributed by atoms with van der Waals surface area (Å²) in [6.45, 7) is 5.22. The lowest BCUT2D eigenvalue weighted by molar-refractivity contribution is 0.202. The van der Waals surface area contributed by atoms with Gasteiger partial charge in [0.25, 0.3) is 0 Å². The molecule has 6 heteroatoms. The van der Waals surface area contributed by atoms with Crippen LogP contribution in [0.2, 0.25) is 0 Å². The highest BCUT2D eigenvalue weighted by Gasteiger charge is 2.30. The van der Waals surface area contributed by atoms with Gasteiger partial charge in [-0.1, -0.05) is 0 Å². The molecule has 0 bridgehead atoms.